The second-order valence-electron chi connectivity index (χ2n) is 3.96. The van der Waals surface area contributed by atoms with E-state index in [-0.39, 0.29) is 5.91 Å². The largest absolute Gasteiger partial charge is 0.398 e. The molecule has 0 unspecified atom stereocenters. The number of amides is 1. The summed E-state index contributed by atoms with van der Waals surface area (Å²) >= 11 is 0. The molecule has 4 heteroatoms. The summed E-state index contributed by atoms with van der Waals surface area (Å²) in [7, 11) is 3.80. The Morgan fingerprint density at radius 1 is 1.31 bits per heavy atom. The average molecular weight is 225 g/mol. The quantitative estimate of drug-likeness (QED) is 0.522. The Balaban J connectivity index is 3.67. The van der Waals surface area contributed by atoms with Crippen molar-refractivity contribution in [2.24, 2.45) is 5.73 Å². The molecule has 2 N–H and O–H groups in total. The summed E-state index contributed by atoms with van der Waals surface area (Å²) in [6.45, 7) is 6.91. The van der Waals surface area contributed by atoms with Gasteiger partial charge in [0.25, 0.3) is 0 Å². The summed E-state index contributed by atoms with van der Waals surface area (Å²) in [5.74, 6) is 0.115. The molecule has 0 fully saturated rings. The Morgan fingerprint density at radius 2 is 1.88 bits per heavy atom. The summed E-state index contributed by atoms with van der Waals surface area (Å²) in [6.07, 6.45) is 5.53. The fourth-order valence-corrected chi connectivity index (χ4v) is 1.24. The third kappa shape index (κ3) is 6.92. The second-order valence-corrected chi connectivity index (χ2v) is 3.96. The van der Waals surface area contributed by atoms with E-state index < -0.39 is 0 Å². The minimum absolute atomic E-state index is 0.115. The van der Waals surface area contributed by atoms with Crippen LogP contribution in [0, 0.1) is 0 Å². The van der Waals surface area contributed by atoms with Crippen molar-refractivity contribution in [2.45, 2.75) is 19.8 Å². The third-order valence-corrected chi connectivity index (χ3v) is 2.40. The van der Waals surface area contributed by atoms with E-state index in [4.69, 9.17) is 5.73 Å². The highest BCUT2D eigenvalue weighted by Crippen LogP contribution is 1.97. The predicted octanol–water partition coefficient (Wildman–Crippen LogP) is 1.16. The molecule has 0 radical (unpaired) electrons. The van der Waals surface area contributed by atoms with Crippen LogP contribution in [0.25, 0.3) is 0 Å². The highest BCUT2D eigenvalue weighted by Gasteiger charge is 2.01. The van der Waals surface area contributed by atoms with Gasteiger partial charge in [-0.2, -0.15) is 0 Å². The number of nitrogens with zero attached hydrogens (tertiary/aromatic N) is 2. The fourth-order valence-electron chi connectivity index (χ4n) is 1.24. The molecule has 0 aliphatic heterocycles. The Kier molecular flexibility index (Phi) is 7.09. The molecule has 1 amide bonds. The molecule has 0 aliphatic rings. The molecule has 0 spiro atoms. The van der Waals surface area contributed by atoms with Crippen molar-refractivity contribution in [2.75, 3.05) is 27.2 Å². The normalized spacial score (nSPS) is 11.1. The molecule has 0 aromatic rings. The van der Waals surface area contributed by atoms with E-state index in [0.29, 0.717) is 5.70 Å². The standard InChI is InChI=1S/C12H23N3O/c1-5-12(13)10-14(3)8-6-7-9-15(4)11(2)16/h5,10H,1,6-9,13H2,2-4H3/b12-10+. The predicted molar refractivity (Wildman–Crippen MR) is 67.6 cm³/mol. The first-order valence-electron chi connectivity index (χ1n) is 5.49. The zero-order chi connectivity index (χ0) is 12.6. The minimum Gasteiger partial charge on any atom is -0.398 e. The number of carbonyl (C=O) groups is 1. The fraction of sp³-hybridized carbons (Fsp3) is 0.583. The molecule has 0 atom stereocenters. The summed E-state index contributed by atoms with van der Waals surface area (Å²) < 4.78 is 0. The van der Waals surface area contributed by atoms with E-state index in [1.165, 1.54) is 0 Å². The van der Waals surface area contributed by atoms with Crippen molar-refractivity contribution in [3.63, 3.8) is 0 Å². The van der Waals surface area contributed by atoms with Gasteiger partial charge in [-0.1, -0.05) is 6.58 Å². The molecular weight excluding hydrogens is 202 g/mol. The van der Waals surface area contributed by atoms with Crippen LogP contribution in [0.15, 0.2) is 24.6 Å². The average Bonchev–Trinajstić information content (AvgIpc) is 2.23. The molecule has 0 heterocycles. The van der Waals surface area contributed by atoms with E-state index in [0.717, 1.165) is 25.9 Å². The SMILES string of the molecule is C=C/C(N)=C\N(C)CCCCN(C)C(C)=O. The third-order valence-electron chi connectivity index (χ3n) is 2.40. The van der Waals surface area contributed by atoms with Crippen LogP contribution in [0.1, 0.15) is 19.8 Å². The van der Waals surface area contributed by atoms with E-state index in [9.17, 15) is 4.79 Å². The van der Waals surface area contributed by atoms with Crippen molar-refractivity contribution < 1.29 is 4.79 Å². The van der Waals surface area contributed by atoms with Gasteiger partial charge in [-0.05, 0) is 18.9 Å². The lowest BCUT2D eigenvalue weighted by Crippen LogP contribution is -2.25. The zero-order valence-corrected chi connectivity index (χ0v) is 10.6. The first-order valence-corrected chi connectivity index (χ1v) is 5.49. The monoisotopic (exact) mass is 225 g/mol. The number of nitrogens with two attached hydrogens (primary N) is 1. The smallest absolute Gasteiger partial charge is 0.219 e. The Bertz CT molecular complexity index is 261. The van der Waals surface area contributed by atoms with Gasteiger partial charge in [-0.25, -0.2) is 0 Å². The Hall–Kier alpha value is -1.45. The van der Waals surface area contributed by atoms with E-state index in [1.54, 1.807) is 17.9 Å². The van der Waals surface area contributed by atoms with Gasteiger partial charge in [-0.15, -0.1) is 0 Å². The molecule has 0 aromatic carbocycles. The summed E-state index contributed by atoms with van der Waals surface area (Å²) in [4.78, 5) is 14.7. The maximum absolute atomic E-state index is 10.9. The topological polar surface area (TPSA) is 49.6 Å². The van der Waals surface area contributed by atoms with Crippen molar-refractivity contribution >= 4 is 5.91 Å². The van der Waals surface area contributed by atoms with Crippen LogP contribution in [-0.2, 0) is 4.79 Å². The van der Waals surface area contributed by atoms with Crippen LogP contribution < -0.4 is 5.73 Å². The van der Waals surface area contributed by atoms with Gasteiger partial charge in [0.15, 0.2) is 0 Å². The van der Waals surface area contributed by atoms with Crippen molar-refractivity contribution in [1.29, 1.82) is 0 Å². The number of unbranched alkanes of at least 4 members (excludes halogenated alkanes) is 1. The number of hydrogen-bond acceptors (Lipinski definition) is 3. The Morgan fingerprint density at radius 3 is 2.38 bits per heavy atom. The minimum atomic E-state index is 0.115. The van der Waals surface area contributed by atoms with Crippen LogP contribution in [0.5, 0.6) is 0 Å². The van der Waals surface area contributed by atoms with Crippen LogP contribution in [0.2, 0.25) is 0 Å². The second kappa shape index (κ2) is 7.79. The van der Waals surface area contributed by atoms with Gasteiger partial charge in [0.05, 0.1) is 0 Å². The lowest BCUT2D eigenvalue weighted by atomic mass is 10.3. The van der Waals surface area contributed by atoms with Gasteiger partial charge in [-0.3, -0.25) is 4.79 Å². The molecule has 4 nitrogen and oxygen atoms in total. The zero-order valence-electron chi connectivity index (χ0n) is 10.6. The Labute approximate surface area is 98.4 Å². The molecule has 16 heavy (non-hydrogen) atoms. The highest BCUT2D eigenvalue weighted by atomic mass is 16.2. The van der Waals surface area contributed by atoms with Crippen LogP contribution in [0.3, 0.4) is 0 Å². The van der Waals surface area contributed by atoms with E-state index in [1.807, 2.05) is 25.2 Å². The van der Waals surface area contributed by atoms with Gasteiger partial charge in [0, 0.05) is 46.0 Å². The highest BCUT2D eigenvalue weighted by molar-refractivity contribution is 5.72. The molecule has 0 aromatic heterocycles. The molecule has 92 valence electrons. The maximum atomic E-state index is 10.9. The summed E-state index contributed by atoms with van der Waals surface area (Å²) in [5.41, 5.74) is 6.28. The lowest BCUT2D eigenvalue weighted by Gasteiger charge is -2.17. The molecule has 0 bridgehead atoms. The van der Waals surface area contributed by atoms with Crippen LogP contribution >= 0.6 is 0 Å². The molecule has 0 saturated heterocycles. The van der Waals surface area contributed by atoms with Gasteiger partial charge in [0.2, 0.25) is 5.91 Å². The number of rotatable bonds is 7. The molecule has 0 saturated carbocycles. The first-order chi connectivity index (χ1) is 7.47. The van der Waals surface area contributed by atoms with E-state index in [2.05, 4.69) is 6.58 Å². The van der Waals surface area contributed by atoms with Crippen LogP contribution in [-0.4, -0.2) is 42.9 Å². The summed E-state index contributed by atoms with van der Waals surface area (Å²) in [5, 5.41) is 0. The van der Waals surface area contributed by atoms with Crippen molar-refractivity contribution in [3.05, 3.63) is 24.6 Å². The molecular formula is C12H23N3O. The molecule has 0 rings (SSSR count). The van der Waals surface area contributed by atoms with Gasteiger partial charge in [0.1, 0.15) is 0 Å². The number of allylic oxidation sites excluding steroid dienone is 1. The van der Waals surface area contributed by atoms with Gasteiger partial charge < -0.3 is 15.5 Å². The van der Waals surface area contributed by atoms with Gasteiger partial charge >= 0.3 is 0 Å². The van der Waals surface area contributed by atoms with Crippen LogP contribution in [0.4, 0.5) is 0 Å². The summed E-state index contributed by atoms with van der Waals surface area (Å²) in [6, 6.07) is 0. The first kappa shape index (κ1) is 14.6. The lowest BCUT2D eigenvalue weighted by molar-refractivity contribution is -0.127. The molecule has 0 aliphatic carbocycles. The van der Waals surface area contributed by atoms with Crippen molar-refractivity contribution in [3.8, 4) is 0 Å². The number of hydrogen-bond donors (Lipinski definition) is 1. The number of carbonyl (C=O) groups excluding carboxylic acids is 1. The van der Waals surface area contributed by atoms with Crippen molar-refractivity contribution in [1.82, 2.24) is 9.80 Å². The van der Waals surface area contributed by atoms with E-state index >= 15 is 0 Å². The maximum Gasteiger partial charge on any atom is 0.219 e.